The Morgan fingerprint density at radius 2 is 1.19 bits per heavy atom. The minimum Gasteiger partial charge on any atom is -0.393 e. The Bertz CT molecular complexity index is 2520. The molecule has 2 aromatic carbocycles. The number of esters is 2. The smallest absolute Gasteiger partial charge is 0.319 e. The lowest BCUT2D eigenvalue weighted by Crippen LogP contribution is -2.50. The third kappa shape index (κ3) is 7.77. The third-order valence-electron chi connectivity index (χ3n) is 12.3. The van der Waals surface area contributed by atoms with Crippen LogP contribution in [-0.2, 0) is 66.1 Å². The molecule has 6 aromatic rings. The number of fused-ring (bicyclic) bond motifs is 2. The number of hydrogen-bond donors (Lipinski definition) is 0. The standard InChI is InChI=1S/C45H51N9O5/c1-7-53-34-22-44(3,4)19-17-32(34)37(48-53)41-46-39(50-58-41)29-13-9-27(10-14-29)21-36(55)57-43(56)31-25-52(26-31)24-28-11-15-30(16-12-28)40-47-42(59-51-40)38-33-18-20-45(5,6)23-35(33)54(8-2)49-38/h9-16,31H,7-8,17-26H2,1-6H3. The summed E-state index contributed by atoms with van der Waals surface area (Å²) in [5, 5.41) is 18.2. The van der Waals surface area contributed by atoms with Crippen molar-refractivity contribution < 1.29 is 23.4 Å². The van der Waals surface area contributed by atoms with Gasteiger partial charge in [-0.05, 0) is 74.3 Å². The number of ether oxygens (including phenoxy) is 1. The van der Waals surface area contributed by atoms with E-state index >= 15 is 0 Å². The molecule has 0 saturated carbocycles. The van der Waals surface area contributed by atoms with Crippen LogP contribution < -0.4 is 0 Å². The van der Waals surface area contributed by atoms with Gasteiger partial charge in [-0.15, -0.1) is 0 Å². The minimum atomic E-state index is -0.578. The van der Waals surface area contributed by atoms with Gasteiger partial charge in [-0.3, -0.25) is 23.9 Å². The van der Waals surface area contributed by atoms with Crippen LogP contribution in [0.4, 0.5) is 0 Å². The number of hydrogen-bond acceptors (Lipinski definition) is 12. The average Bonchev–Trinajstić information content (AvgIpc) is 4.01. The van der Waals surface area contributed by atoms with Crippen LogP contribution in [0, 0.1) is 16.7 Å². The number of aryl methyl sites for hydroxylation is 2. The van der Waals surface area contributed by atoms with Gasteiger partial charge in [0.15, 0.2) is 11.4 Å². The Kier molecular flexibility index (Phi) is 9.93. The van der Waals surface area contributed by atoms with E-state index in [1.54, 1.807) is 0 Å². The predicted molar refractivity (Wildman–Crippen MR) is 218 cm³/mol. The van der Waals surface area contributed by atoms with E-state index in [2.05, 4.69) is 71.1 Å². The first-order valence-electron chi connectivity index (χ1n) is 20.9. The van der Waals surface area contributed by atoms with E-state index in [4.69, 9.17) is 29.0 Å². The fourth-order valence-electron chi connectivity index (χ4n) is 8.78. The number of carbonyl (C=O) groups is 2. The van der Waals surface area contributed by atoms with Crippen molar-refractivity contribution in [3.05, 3.63) is 82.2 Å². The summed E-state index contributed by atoms with van der Waals surface area (Å²) in [5.74, 6) is 0.422. The highest BCUT2D eigenvalue weighted by Gasteiger charge is 2.36. The predicted octanol–water partition coefficient (Wildman–Crippen LogP) is 7.33. The summed E-state index contributed by atoms with van der Waals surface area (Å²) in [6, 6.07) is 15.3. The molecule has 2 aliphatic carbocycles. The molecule has 5 heterocycles. The Hall–Kier alpha value is -5.76. The maximum Gasteiger partial charge on any atom is 0.319 e. The van der Waals surface area contributed by atoms with Crippen molar-refractivity contribution in [3.63, 3.8) is 0 Å². The first-order valence-corrected chi connectivity index (χ1v) is 20.9. The molecular formula is C45H51N9O5. The molecule has 3 aliphatic rings. The maximum absolute atomic E-state index is 12.8. The molecule has 0 bridgehead atoms. The van der Waals surface area contributed by atoms with Gasteiger partial charge in [0.2, 0.25) is 11.6 Å². The molecule has 1 fully saturated rings. The van der Waals surface area contributed by atoms with E-state index < -0.39 is 11.9 Å². The van der Waals surface area contributed by atoms with Crippen LogP contribution in [0.5, 0.6) is 0 Å². The fraction of sp³-hybridized carbons (Fsp3) is 0.467. The zero-order valence-corrected chi connectivity index (χ0v) is 34.7. The molecule has 4 aromatic heterocycles. The monoisotopic (exact) mass is 797 g/mol. The van der Waals surface area contributed by atoms with Gasteiger partial charge in [0.05, 0.1) is 12.3 Å². The second-order valence-corrected chi connectivity index (χ2v) is 18.0. The summed E-state index contributed by atoms with van der Waals surface area (Å²) in [7, 11) is 0. The lowest BCUT2D eigenvalue weighted by Gasteiger charge is -2.37. The Morgan fingerprint density at radius 1 is 0.712 bits per heavy atom. The SMILES string of the molecule is CCn1nc(-c2nc(-c3ccc(CC(=O)OC(=O)C4CN(Cc5ccc(-c6noc(-c7nn(CC)c8c7CCC(C)(C)C8)n6)cc5)C4)cc3)no2)c2c1CC(C)(C)CC2. The Morgan fingerprint density at radius 3 is 1.66 bits per heavy atom. The van der Waals surface area contributed by atoms with Crippen molar-refractivity contribution in [3.8, 4) is 45.9 Å². The van der Waals surface area contributed by atoms with Crippen LogP contribution in [0.2, 0.25) is 0 Å². The van der Waals surface area contributed by atoms with Crippen molar-refractivity contribution >= 4 is 11.9 Å². The van der Waals surface area contributed by atoms with E-state index in [0.717, 1.165) is 85.3 Å². The summed E-state index contributed by atoms with van der Waals surface area (Å²) in [4.78, 5) is 37.1. The van der Waals surface area contributed by atoms with Crippen LogP contribution in [0.1, 0.15) is 88.0 Å². The quantitative estimate of drug-likeness (QED) is 0.0951. The molecule has 306 valence electrons. The van der Waals surface area contributed by atoms with Crippen LogP contribution in [0.15, 0.2) is 57.6 Å². The van der Waals surface area contributed by atoms with Gasteiger partial charge < -0.3 is 13.8 Å². The number of likely N-dealkylation sites (tertiary alicyclic amines) is 1. The molecule has 14 nitrogen and oxygen atoms in total. The van der Waals surface area contributed by atoms with Crippen LogP contribution in [0.3, 0.4) is 0 Å². The zero-order chi connectivity index (χ0) is 41.1. The fourth-order valence-corrected chi connectivity index (χ4v) is 8.78. The van der Waals surface area contributed by atoms with Crippen LogP contribution >= 0.6 is 0 Å². The molecule has 1 aliphatic heterocycles. The van der Waals surface area contributed by atoms with Crippen molar-refractivity contribution in [2.24, 2.45) is 16.7 Å². The highest BCUT2D eigenvalue weighted by molar-refractivity contribution is 5.88. The normalized spacial score (nSPS) is 17.3. The molecule has 59 heavy (non-hydrogen) atoms. The van der Waals surface area contributed by atoms with Gasteiger partial charge in [0.25, 0.3) is 11.8 Å². The van der Waals surface area contributed by atoms with E-state index in [-0.39, 0.29) is 23.2 Å². The summed E-state index contributed by atoms with van der Waals surface area (Å²) in [6.45, 7) is 16.7. The van der Waals surface area contributed by atoms with Crippen molar-refractivity contribution in [2.45, 2.75) is 106 Å². The lowest BCUT2D eigenvalue weighted by molar-refractivity contribution is -0.166. The number of carbonyl (C=O) groups excluding carboxylic acids is 2. The van der Waals surface area contributed by atoms with Gasteiger partial charge in [-0.25, -0.2) is 0 Å². The van der Waals surface area contributed by atoms with E-state index in [9.17, 15) is 9.59 Å². The van der Waals surface area contributed by atoms with Crippen LogP contribution in [0.25, 0.3) is 45.9 Å². The molecule has 0 amide bonds. The second kappa shape index (κ2) is 15.1. The van der Waals surface area contributed by atoms with Gasteiger partial charge in [0.1, 0.15) is 0 Å². The van der Waals surface area contributed by atoms with Crippen LogP contribution in [-0.4, -0.2) is 69.8 Å². The number of benzene rings is 2. The lowest BCUT2D eigenvalue weighted by atomic mass is 9.76. The van der Waals surface area contributed by atoms with Gasteiger partial charge in [0, 0.05) is 66.4 Å². The molecule has 14 heteroatoms. The minimum absolute atomic E-state index is 0.0202. The highest BCUT2D eigenvalue weighted by atomic mass is 16.6. The molecule has 0 atom stereocenters. The average molecular weight is 798 g/mol. The molecule has 0 N–H and O–H groups in total. The molecule has 0 radical (unpaired) electrons. The number of aromatic nitrogens is 8. The first-order chi connectivity index (χ1) is 28.3. The summed E-state index contributed by atoms with van der Waals surface area (Å²) >= 11 is 0. The van der Waals surface area contributed by atoms with Crippen molar-refractivity contribution in [1.29, 1.82) is 0 Å². The topological polar surface area (TPSA) is 160 Å². The first kappa shape index (κ1) is 38.7. The molecular weight excluding hydrogens is 747 g/mol. The van der Waals surface area contributed by atoms with Gasteiger partial charge >= 0.3 is 11.9 Å². The second-order valence-electron chi connectivity index (χ2n) is 18.0. The van der Waals surface area contributed by atoms with Gasteiger partial charge in [-0.1, -0.05) is 86.5 Å². The van der Waals surface area contributed by atoms with Crippen molar-refractivity contribution in [2.75, 3.05) is 13.1 Å². The number of nitrogens with zero attached hydrogens (tertiary/aromatic N) is 9. The zero-order valence-electron chi connectivity index (χ0n) is 34.7. The van der Waals surface area contributed by atoms with E-state index in [1.807, 2.05) is 48.5 Å². The summed E-state index contributed by atoms with van der Waals surface area (Å²) in [6.07, 6.45) is 5.98. The molecule has 1 saturated heterocycles. The third-order valence-corrected chi connectivity index (χ3v) is 12.3. The summed E-state index contributed by atoms with van der Waals surface area (Å²) < 4.78 is 20.8. The molecule has 0 spiro atoms. The Balaban J connectivity index is 0.746. The number of rotatable bonds is 11. The van der Waals surface area contributed by atoms with Crippen molar-refractivity contribution in [1.82, 2.24) is 44.7 Å². The highest BCUT2D eigenvalue weighted by Crippen LogP contribution is 2.40. The maximum atomic E-state index is 12.8. The Labute approximate surface area is 343 Å². The largest absolute Gasteiger partial charge is 0.393 e. The van der Waals surface area contributed by atoms with E-state index in [1.165, 1.54) is 22.5 Å². The summed E-state index contributed by atoms with van der Waals surface area (Å²) in [5.41, 5.74) is 10.4. The molecule has 9 rings (SSSR count). The van der Waals surface area contributed by atoms with E-state index in [0.29, 0.717) is 43.1 Å². The van der Waals surface area contributed by atoms with Gasteiger partial charge in [-0.2, -0.15) is 20.2 Å². The molecule has 0 unspecified atom stereocenters.